The molecular weight excluding hydrogens is 294 g/mol. The van der Waals surface area contributed by atoms with E-state index in [1.54, 1.807) is 24.3 Å². The lowest BCUT2D eigenvalue weighted by Gasteiger charge is -2.33. The van der Waals surface area contributed by atoms with E-state index in [1.807, 2.05) is 20.8 Å². The average molecular weight is 313 g/mol. The van der Waals surface area contributed by atoms with Gasteiger partial charge in [-0.1, -0.05) is 32.9 Å². The minimum absolute atomic E-state index is 0.351. The van der Waals surface area contributed by atoms with Gasteiger partial charge >= 0.3 is 12.0 Å². The number of urea groups is 1. The van der Waals surface area contributed by atoms with Crippen LogP contribution in [0.4, 0.5) is 4.79 Å². The highest BCUT2D eigenvalue weighted by atomic mass is 16.5. The Hall–Kier alpha value is -2.81. The maximum absolute atomic E-state index is 11.9. The molecule has 6 nitrogen and oxygen atoms in total. The molecule has 0 aromatic heterocycles. The standard InChI is InChI=1S/C17H19N3O3/c1-17(2,3)14-12(9-18)13(19-16(22)20-14)10-5-7-11(8-6-10)15(21)23-4/h5-8,13H,1-4H3,(H2,19,20,22)/t13-/m0/s1. The number of ether oxygens (including phenoxy) is 1. The molecule has 0 aliphatic carbocycles. The van der Waals surface area contributed by atoms with Crippen LogP contribution in [0, 0.1) is 16.7 Å². The molecule has 1 heterocycles. The zero-order valence-electron chi connectivity index (χ0n) is 13.6. The lowest BCUT2D eigenvalue weighted by Crippen LogP contribution is -2.46. The van der Waals surface area contributed by atoms with Crippen LogP contribution in [0.2, 0.25) is 0 Å². The number of nitriles is 1. The van der Waals surface area contributed by atoms with E-state index < -0.39 is 12.0 Å². The fraction of sp³-hybridized carbons (Fsp3) is 0.353. The van der Waals surface area contributed by atoms with Crippen LogP contribution in [0.15, 0.2) is 35.5 Å². The van der Waals surface area contributed by atoms with Crippen LogP contribution < -0.4 is 10.6 Å². The molecule has 1 aliphatic rings. The quantitative estimate of drug-likeness (QED) is 0.821. The summed E-state index contributed by atoms with van der Waals surface area (Å²) in [7, 11) is 1.31. The van der Waals surface area contributed by atoms with Crippen molar-refractivity contribution >= 4 is 12.0 Å². The Morgan fingerprint density at radius 1 is 1.26 bits per heavy atom. The van der Waals surface area contributed by atoms with Crippen molar-refractivity contribution in [2.45, 2.75) is 26.8 Å². The van der Waals surface area contributed by atoms with Gasteiger partial charge in [0.15, 0.2) is 0 Å². The van der Waals surface area contributed by atoms with Crippen molar-refractivity contribution in [1.82, 2.24) is 10.6 Å². The largest absolute Gasteiger partial charge is 0.465 e. The zero-order chi connectivity index (χ0) is 17.2. The average Bonchev–Trinajstić information content (AvgIpc) is 2.52. The number of nitrogens with zero attached hydrogens (tertiary/aromatic N) is 1. The van der Waals surface area contributed by atoms with Crippen molar-refractivity contribution in [2.24, 2.45) is 5.41 Å². The Labute approximate surface area is 135 Å². The van der Waals surface area contributed by atoms with E-state index in [0.29, 0.717) is 16.8 Å². The number of carbonyl (C=O) groups excluding carboxylic acids is 2. The van der Waals surface area contributed by atoms with Crippen molar-refractivity contribution in [1.29, 1.82) is 5.26 Å². The van der Waals surface area contributed by atoms with Gasteiger partial charge in [-0.25, -0.2) is 9.59 Å². The highest BCUT2D eigenvalue weighted by Crippen LogP contribution is 2.34. The molecule has 1 aromatic rings. The van der Waals surface area contributed by atoms with Crippen LogP contribution in [0.3, 0.4) is 0 Å². The van der Waals surface area contributed by atoms with Gasteiger partial charge in [-0.2, -0.15) is 5.26 Å². The van der Waals surface area contributed by atoms with E-state index in [0.717, 1.165) is 5.56 Å². The second kappa shape index (κ2) is 6.13. The fourth-order valence-electron chi connectivity index (χ4n) is 2.46. The van der Waals surface area contributed by atoms with Crippen molar-refractivity contribution in [2.75, 3.05) is 7.11 Å². The molecule has 0 unspecified atom stereocenters. The minimum atomic E-state index is -0.547. The topological polar surface area (TPSA) is 91.2 Å². The summed E-state index contributed by atoms with van der Waals surface area (Å²) >= 11 is 0. The number of hydrogen-bond acceptors (Lipinski definition) is 4. The number of allylic oxidation sites excluding steroid dienone is 1. The molecule has 0 saturated carbocycles. The van der Waals surface area contributed by atoms with E-state index in [2.05, 4.69) is 21.4 Å². The molecule has 1 atom stereocenters. The minimum Gasteiger partial charge on any atom is -0.465 e. The number of methoxy groups -OCH3 is 1. The third kappa shape index (κ3) is 3.34. The summed E-state index contributed by atoms with van der Waals surface area (Å²) in [6.45, 7) is 5.80. The second-order valence-electron chi connectivity index (χ2n) is 6.30. The first-order valence-corrected chi connectivity index (χ1v) is 7.18. The van der Waals surface area contributed by atoms with Crippen LogP contribution in [-0.2, 0) is 4.74 Å². The number of esters is 1. The first kappa shape index (κ1) is 16.6. The van der Waals surface area contributed by atoms with Crippen molar-refractivity contribution in [3.8, 4) is 6.07 Å². The van der Waals surface area contributed by atoms with Crippen LogP contribution in [-0.4, -0.2) is 19.1 Å². The molecule has 0 fully saturated rings. The Morgan fingerprint density at radius 3 is 2.35 bits per heavy atom. The van der Waals surface area contributed by atoms with Gasteiger partial charge in [0.1, 0.15) is 0 Å². The van der Waals surface area contributed by atoms with Gasteiger partial charge in [0.25, 0.3) is 0 Å². The third-order valence-corrected chi connectivity index (χ3v) is 3.61. The fourth-order valence-corrected chi connectivity index (χ4v) is 2.46. The van der Waals surface area contributed by atoms with Crippen LogP contribution in [0.1, 0.15) is 42.7 Å². The Kier molecular flexibility index (Phi) is 4.41. The molecule has 6 heteroatoms. The summed E-state index contributed by atoms with van der Waals surface area (Å²) in [6, 6.07) is 7.93. The summed E-state index contributed by atoms with van der Waals surface area (Å²) in [5.74, 6) is -0.433. The number of nitrogens with one attached hydrogen (secondary N) is 2. The molecule has 2 amide bonds. The number of rotatable bonds is 2. The van der Waals surface area contributed by atoms with E-state index in [4.69, 9.17) is 0 Å². The van der Waals surface area contributed by atoms with Crippen molar-refractivity contribution in [3.05, 3.63) is 46.7 Å². The highest BCUT2D eigenvalue weighted by molar-refractivity contribution is 5.89. The molecule has 1 aromatic carbocycles. The predicted molar refractivity (Wildman–Crippen MR) is 84.3 cm³/mol. The molecule has 0 saturated heterocycles. The van der Waals surface area contributed by atoms with E-state index >= 15 is 0 Å². The smallest absolute Gasteiger partial charge is 0.337 e. The zero-order valence-corrected chi connectivity index (χ0v) is 13.6. The Morgan fingerprint density at radius 2 is 1.87 bits per heavy atom. The summed E-state index contributed by atoms with van der Waals surface area (Å²) in [4.78, 5) is 23.4. The van der Waals surface area contributed by atoms with E-state index in [-0.39, 0.29) is 11.4 Å². The molecule has 0 bridgehead atoms. The molecular formula is C17H19N3O3. The Balaban J connectivity index is 2.46. The molecule has 120 valence electrons. The first-order valence-electron chi connectivity index (χ1n) is 7.18. The summed E-state index contributed by atoms with van der Waals surface area (Å²) in [5.41, 5.74) is 1.84. The maximum atomic E-state index is 11.9. The van der Waals surface area contributed by atoms with Crippen molar-refractivity contribution < 1.29 is 14.3 Å². The van der Waals surface area contributed by atoms with Gasteiger partial charge in [0.05, 0.1) is 30.4 Å². The van der Waals surface area contributed by atoms with Gasteiger partial charge in [0, 0.05) is 11.1 Å². The molecule has 2 N–H and O–H groups in total. The van der Waals surface area contributed by atoms with E-state index in [9.17, 15) is 14.9 Å². The van der Waals surface area contributed by atoms with Gasteiger partial charge < -0.3 is 15.4 Å². The normalized spacial score (nSPS) is 17.9. The molecule has 0 spiro atoms. The SMILES string of the molecule is COC(=O)c1ccc([C@@H]2NC(=O)NC(C(C)(C)C)=C2C#N)cc1. The summed E-state index contributed by atoms with van der Waals surface area (Å²) in [5, 5.41) is 15.0. The Bertz CT molecular complexity index is 706. The first-order chi connectivity index (χ1) is 10.8. The van der Waals surface area contributed by atoms with Gasteiger partial charge in [-0.3, -0.25) is 0 Å². The van der Waals surface area contributed by atoms with Gasteiger partial charge in [0.2, 0.25) is 0 Å². The lowest BCUT2D eigenvalue weighted by molar-refractivity contribution is 0.0600. The predicted octanol–water partition coefficient (Wildman–Crippen LogP) is 2.65. The molecule has 1 aliphatic heterocycles. The highest BCUT2D eigenvalue weighted by Gasteiger charge is 2.33. The number of amides is 2. The number of benzene rings is 1. The van der Waals surface area contributed by atoms with Crippen LogP contribution >= 0.6 is 0 Å². The van der Waals surface area contributed by atoms with Gasteiger partial charge in [-0.05, 0) is 17.7 Å². The maximum Gasteiger partial charge on any atom is 0.337 e. The summed E-state index contributed by atoms with van der Waals surface area (Å²) in [6.07, 6.45) is 0. The molecule has 0 radical (unpaired) electrons. The van der Waals surface area contributed by atoms with Crippen molar-refractivity contribution in [3.63, 3.8) is 0 Å². The number of hydrogen-bond donors (Lipinski definition) is 2. The molecule has 2 rings (SSSR count). The van der Waals surface area contributed by atoms with E-state index in [1.165, 1.54) is 7.11 Å². The van der Waals surface area contributed by atoms with Gasteiger partial charge in [-0.15, -0.1) is 0 Å². The number of carbonyl (C=O) groups is 2. The van der Waals surface area contributed by atoms with Crippen LogP contribution in [0.25, 0.3) is 0 Å². The third-order valence-electron chi connectivity index (χ3n) is 3.61. The lowest BCUT2D eigenvalue weighted by atomic mass is 9.84. The molecule has 23 heavy (non-hydrogen) atoms. The monoisotopic (exact) mass is 313 g/mol. The second-order valence-corrected chi connectivity index (χ2v) is 6.30. The summed E-state index contributed by atoms with van der Waals surface area (Å²) < 4.78 is 4.66. The van der Waals surface area contributed by atoms with Crippen LogP contribution in [0.5, 0.6) is 0 Å².